The summed E-state index contributed by atoms with van der Waals surface area (Å²) in [6, 6.07) is 1.46. The van der Waals surface area contributed by atoms with Crippen molar-refractivity contribution in [3.8, 4) is 0 Å². The van der Waals surface area contributed by atoms with Gasteiger partial charge in [-0.25, -0.2) is 13.1 Å². The molecular formula is C10H16BrN3O2S. The lowest BCUT2D eigenvalue weighted by atomic mass is 9.99. The van der Waals surface area contributed by atoms with Gasteiger partial charge in [-0.05, 0) is 30.7 Å². The van der Waals surface area contributed by atoms with Crippen LogP contribution in [0.4, 0.5) is 0 Å². The Morgan fingerprint density at radius 1 is 1.47 bits per heavy atom. The van der Waals surface area contributed by atoms with Crippen molar-refractivity contribution in [3.63, 3.8) is 0 Å². The largest absolute Gasteiger partial charge is 0.266 e. The lowest BCUT2D eigenvalue weighted by Gasteiger charge is -2.17. The first-order valence-electron chi connectivity index (χ1n) is 5.68. The van der Waals surface area contributed by atoms with Crippen molar-refractivity contribution in [2.24, 2.45) is 11.8 Å². The van der Waals surface area contributed by atoms with Gasteiger partial charge in [-0.1, -0.05) is 22.4 Å². The average Bonchev–Trinajstić information content (AvgIpc) is 2.97. The van der Waals surface area contributed by atoms with Crippen LogP contribution in [-0.2, 0) is 10.0 Å². The highest BCUT2D eigenvalue weighted by molar-refractivity contribution is 9.09. The molecule has 5 nitrogen and oxygen atoms in total. The maximum Gasteiger partial charge on any atom is 0.257 e. The molecule has 0 aromatic carbocycles. The van der Waals surface area contributed by atoms with Crippen molar-refractivity contribution in [1.82, 2.24) is 14.9 Å². The number of nitrogens with one attached hydrogen (secondary N) is 2. The first-order chi connectivity index (χ1) is 8.13. The van der Waals surface area contributed by atoms with Gasteiger partial charge in [0.2, 0.25) is 0 Å². The second-order valence-electron chi connectivity index (χ2n) is 4.38. The SMILES string of the molecule is O=S(=O)(NCC1CCCC1CBr)c1ccn[nH]1. The Kier molecular flexibility index (Phi) is 4.22. The molecule has 0 amide bonds. The zero-order valence-electron chi connectivity index (χ0n) is 9.39. The van der Waals surface area contributed by atoms with Gasteiger partial charge < -0.3 is 0 Å². The molecule has 2 atom stereocenters. The van der Waals surface area contributed by atoms with E-state index >= 15 is 0 Å². The molecule has 1 heterocycles. The third-order valence-corrected chi connectivity index (χ3v) is 5.50. The number of aromatic nitrogens is 2. The van der Waals surface area contributed by atoms with Crippen molar-refractivity contribution in [2.45, 2.75) is 24.3 Å². The molecule has 0 saturated heterocycles. The Morgan fingerprint density at radius 3 is 2.88 bits per heavy atom. The summed E-state index contributed by atoms with van der Waals surface area (Å²) in [6.45, 7) is 0.512. The molecule has 1 saturated carbocycles. The molecule has 0 radical (unpaired) electrons. The van der Waals surface area contributed by atoms with Gasteiger partial charge in [0.15, 0.2) is 5.03 Å². The summed E-state index contributed by atoms with van der Waals surface area (Å²) in [5, 5.41) is 7.19. The van der Waals surface area contributed by atoms with E-state index in [1.165, 1.54) is 25.1 Å². The summed E-state index contributed by atoms with van der Waals surface area (Å²) >= 11 is 3.48. The van der Waals surface area contributed by atoms with Crippen LogP contribution in [0.25, 0.3) is 0 Å². The van der Waals surface area contributed by atoms with Crippen LogP contribution in [-0.4, -0.2) is 30.5 Å². The molecule has 1 aromatic rings. The molecule has 0 bridgehead atoms. The molecule has 2 N–H and O–H groups in total. The number of nitrogens with zero attached hydrogens (tertiary/aromatic N) is 1. The molecule has 17 heavy (non-hydrogen) atoms. The first-order valence-corrected chi connectivity index (χ1v) is 8.29. The highest BCUT2D eigenvalue weighted by Crippen LogP contribution is 2.32. The summed E-state index contributed by atoms with van der Waals surface area (Å²) in [6.07, 6.45) is 4.90. The number of alkyl halides is 1. The van der Waals surface area contributed by atoms with Gasteiger partial charge in [0.1, 0.15) is 0 Å². The van der Waals surface area contributed by atoms with Gasteiger partial charge in [0, 0.05) is 11.9 Å². The smallest absolute Gasteiger partial charge is 0.257 e. The minimum Gasteiger partial charge on any atom is -0.266 e. The maximum atomic E-state index is 11.9. The lowest BCUT2D eigenvalue weighted by molar-refractivity contribution is 0.422. The fraction of sp³-hybridized carbons (Fsp3) is 0.700. The topological polar surface area (TPSA) is 74.8 Å². The van der Waals surface area contributed by atoms with E-state index in [9.17, 15) is 8.42 Å². The van der Waals surface area contributed by atoms with Crippen molar-refractivity contribution >= 4 is 26.0 Å². The van der Waals surface area contributed by atoms with Gasteiger partial charge in [-0.3, -0.25) is 5.10 Å². The number of halogens is 1. The number of hydrogen-bond donors (Lipinski definition) is 2. The van der Waals surface area contributed by atoms with E-state index in [0.717, 1.165) is 11.8 Å². The Balaban J connectivity index is 1.94. The van der Waals surface area contributed by atoms with Crippen molar-refractivity contribution in [2.75, 3.05) is 11.9 Å². The van der Waals surface area contributed by atoms with E-state index in [1.807, 2.05) is 0 Å². The predicted octanol–water partition coefficient (Wildman–Crippen LogP) is 1.50. The summed E-state index contributed by atoms with van der Waals surface area (Å²) in [5.41, 5.74) is 0. The van der Waals surface area contributed by atoms with E-state index in [2.05, 4.69) is 30.8 Å². The van der Waals surface area contributed by atoms with Crippen molar-refractivity contribution < 1.29 is 8.42 Å². The van der Waals surface area contributed by atoms with Crippen molar-refractivity contribution in [3.05, 3.63) is 12.3 Å². The van der Waals surface area contributed by atoms with Crippen LogP contribution >= 0.6 is 15.9 Å². The Morgan fingerprint density at radius 2 is 2.24 bits per heavy atom. The van der Waals surface area contributed by atoms with E-state index in [1.54, 1.807) is 0 Å². The molecule has 7 heteroatoms. The molecule has 96 valence electrons. The average molecular weight is 322 g/mol. The Hall–Kier alpha value is -0.400. The zero-order chi connectivity index (χ0) is 12.3. The van der Waals surface area contributed by atoms with Crippen LogP contribution in [0, 0.1) is 11.8 Å². The molecular weight excluding hydrogens is 306 g/mol. The second-order valence-corrected chi connectivity index (χ2v) is 6.76. The van der Waals surface area contributed by atoms with Gasteiger partial charge in [0.05, 0.1) is 6.20 Å². The molecule has 1 aliphatic rings. The highest BCUT2D eigenvalue weighted by atomic mass is 79.9. The van der Waals surface area contributed by atoms with Crippen LogP contribution in [0.1, 0.15) is 19.3 Å². The zero-order valence-corrected chi connectivity index (χ0v) is 11.8. The molecule has 1 aromatic heterocycles. The number of sulfonamides is 1. The first kappa shape index (κ1) is 13.0. The van der Waals surface area contributed by atoms with Crippen LogP contribution in [0.15, 0.2) is 17.3 Å². The minimum atomic E-state index is -3.42. The third-order valence-electron chi connectivity index (χ3n) is 3.31. The number of H-pyrrole nitrogens is 1. The van der Waals surface area contributed by atoms with Crippen LogP contribution in [0.5, 0.6) is 0 Å². The lowest BCUT2D eigenvalue weighted by Crippen LogP contribution is -2.31. The summed E-state index contributed by atoms with van der Waals surface area (Å²) in [4.78, 5) is 0. The fourth-order valence-corrected chi connectivity index (χ4v) is 4.13. The number of aromatic amines is 1. The molecule has 0 aliphatic heterocycles. The minimum absolute atomic E-state index is 0.130. The van der Waals surface area contributed by atoms with Crippen LogP contribution < -0.4 is 4.72 Å². The van der Waals surface area contributed by atoms with Crippen LogP contribution in [0.2, 0.25) is 0 Å². The summed E-state index contributed by atoms with van der Waals surface area (Å²) in [5.74, 6) is 1.02. The second kappa shape index (κ2) is 5.49. The maximum absolute atomic E-state index is 11.9. The predicted molar refractivity (Wildman–Crippen MR) is 68.4 cm³/mol. The molecule has 1 fully saturated rings. The molecule has 1 aliphatic carbocycles. The molecule has 0 spiro atoms. The molecule has 2 rings (SSSR count). The van der Waals surface area contributed by atoms with Gasteiger partial charge in [-0.2, -0.15) is 5.10 Å². The fourth-order valence-electron chi connectivity index (χ4n) is 2.27. The number of hydrogen-bond acceptors (Lipinski definition) is 3. The van der Waals surface area contributed by atoms with E-state index < -0.39 is 10.0 Å². The monoisotopic (exact) mass is 321 g/mol. The van der Waals surface area contributed by atoms with Crippen molar-refractivity contribution in [1.29, 1.82) is 0 Å². The Labute approximate surface area is 110 Å². The third kappa shape index (κ3) is 3.08. The van der Waals surface area contributed by atoms with Crippen LogP contribution in [0.3, 0.4) is 0 Å². The normalized spacial score (nSPS) is 25.2. The van der Waals surface area contributed by atoms with E-state index in [0.29, 0.717) is 18.4 Å². The standard InChI is InChI=1S/C10H16BrN3O2S/c11-6-8-2-1-3-9(8)7-13-17(15,16)10-4-5-12-14-10/h4-5,8-9,13H,1-3,6-7H2,(H,12,14). The quantitative estimate of drug-likeness (QED) is 0.807. The Bertz CT molecular complexity index is 446. The van der Waals surface area contributed by atoms with Gasteiger partial charge in [0.25, 0.3) is 10.0 Å². The van der Waals surface area contributed by atoms with Gasteiger partial charge in [-0.15, -0.1) is 0 Å². The summed E-state index contributed by atoms with van der Waals surface area (Å²) in [7, 11) is -3.42. The molecule has 2 unspecified atom stereocenters. The number of rotatable bonds is 5. The van der Waals surface area contributed by atoms with E-state index in [-0.39, 0.29) is 5.03 Å². The summed E-state index contributed by atoms with van der Waals surface area (Å²) < 4.78 is 26.3. The van der Waals surface area contributed by atoms with E-state index in [4.69, 9.17) is 0 Å². The van der Waals surface area contributed by atoms with Gasteiger partial charge >= 0.3 is 0 Å². The highest BCUT2D eigenvalue weighted by Gasteiger charge is 2.27.